The van der Waals surface area contributed by atoms with Gasteiger partial charge >= 0.3 is 0 Å². The van der Waals surface area contributed by atoms with Crippen LogP contribution in [0.25, 0.3) is 0 Å². The Hall–Kier alpha value is -0.900. The third-order valence-corrected chi connectivity index (χ3v) is 4.50. The molecule has 0 saturated heterocycles. The quantitative estimate of drug-likeness (QED) is 0.833. The summed E-state index contributed by atoms with van der Waals surface area (Å²) in [5.41, 5.74) is 6.38. The molecule has 1 aliphatic rings. The van der Waals surface area contributed by atoms with E-state index in [9.17, 15) is 0 Å². The van der Waals surface area contributed by atoms with Crippen LogP contribution in [-0.2, 0) is 6.42 Å². The van der Waals surface area contributed by atoms with Crippen molar-refractivity contribution in [3.8, 4) is 0 Å². The predicted molar refractivity (Wildman–Crippen MR) is 61.8 cm³/mol. The second-order valence-corrected chi connectivity index (χ2v) is 5.81. The van der Waals surface area contributed by atoms with Gasteiger partial charge in [-0.1, -0.05) is 19.0 Å². The van der Waals surface area contributed by atoms with Gasteiger partial charge < -0.3 is 10.3 Å². The Balaban J connectivity index is 2.13. The van der Waals surface area contributed by atoms with Crippen molar-refractivity contribution in [2.24, 2.45) is 17.1 Å². The Kier molecular flexibility index (Phi) is 2.57. The number of aromatic nitrogens is 2. The molecule has 1 saturated carbocycles. The Bertz CT molecular complexity index is 381. The molecule has 4 heteroatoms. The molecule has 0 aromatic carbocycles. The SMILES string of the molecule is Cc1nc(CC2CCC(C)(N)C2(C)C)no1. The third kappa shape index (κ3) is 1.75. The maximum absolute atomic E-state index is 6.34. The number of hydrogen-bond donors (Lipinski definition) is 1. The van der Waals surface area contributed by atoms with E-state index < -0.39 is 0 Å². The van der Waals surface area contributed by atoms with Crippen molar-refractivity contribution in [2.75, 3.05) is 0 Å². The van der Waals surface area contributed by atoms with Gasteiger partial charge in [-0.25, -0.2) is 0 Å². The lowest BCUT2D eigenvalue weighted by Gasteiger charge is -2.38. The summed E-state index contributed by atoms with van der Waals surface area (Å²) in [6.45, 7) is 8.47. The summed E-state index contributed by atoms with van der Waals surface area (Å²) in [6, 6.07) is 0. The van der Waals surface area contributed by atoms with Gasteiger partial charge in [0.25, 0.3) is 0 Å². The van der Waals surface area contributed by atoms with Crippen molar-refractivity contribution in [1.82, 2.24) is 10.1 Å². The van der Waals surface area contributed by atoms with Crippen molar-refractivity contribution in [3.63, 3.8) is 0 Å². The molecule has 1 aromatic heterocycles. The van der Waals surface area contributed by atoms with Gasteiger partial charge in [-0.3, -0.25) is 0 Å². The van der Waals surface area contributed by atoms with Gasteiger partial charge in [0.05, 0.1) is 0 Å². The molecule has 0 bridgehead atoms. The summed E-state index contributed by atoms with van der Waals surface area (Å²) in [6.07, 6.45) is 3.09. The average Bonchev–Trinajstić information content (AvgIpc) is 2.64. The Morgan fingerprint density at radius 3 is 2.56 bits per heavy atom. The van der Waals surface area contributed by atoms with Gasteiger partial charge in [-0.05, 0) is 31.1 Å². The number of nitrogens with zero attached hydrogens (tertiary/aromatic N) is 2. The van der Waals surface area contributed by atoms with Crippen LogP contribution in [0, 0.1) is 18.3 Å². The highest BCUT2D eigenvalue weighted by atomic mass is 16.5. The lowest BCUT2D eigenvalue weighted by molar-refractivity contribution is 0.162. The number of rotatable bonds is 2. The van der Waals surface area contributed by atoms with Crippen LogP contribution in [0.2, 0.25) is 0 Å². The molecule has 1 fully saturated rings. The van der Waals surface area contributed by atoms with Crippen LogP contribution in [0.3, 0.4) is 0 Å². The highest BCUT2D eigenvalue weighted by Crippen LogP contribution is 2.49. The highest BCUT2D eigenvalue weighted by molar-refractivity contribution is 5.06. The molecule has 16 heavy (non-hydrogen) atoms. The molecule has 1 aliphatic carbocycles. The zero-order chi connectivity index (χ0) is 12.0. The average molecular weight is 223 g/mol. The van der Waals surface area contributed by atoms with E-state index in [1.54, 1.807) is 0 Å². The molecule has 90 valence electrons. The fourth-order valence-corrected chi connectivity index (χ4v) is 2.63. The van der Waals surface area contributed by atoms with Gasteiger partial charge in [-0.15, -0.1) is 0 Å². The Morgan fingerprint density at radius 2 is 2.12 bits per heavy atom. The fraction of sp³-hybridized carbons (Fsp3) is 0.833. The molecule has 1 heterocycles. The summed E-state index contributed by atoms with van der Waals surface area (Å²) in [7, 11) is 0. The minimum absolute atomic E-state index is 0.0869. The third-order valence-electron chi connectivity index (χ3n) is 4.50. The van der Waals surface area contributed by atoms with Crippen LogP contribution in [0.4, 0.5) is 0 Å². The maximum Gasteiger partial charge on any atom is 0.223 e. The Morgan fingerprint density at radius 1 is 1.44 bits per heavy atom. The molecule has 2 atom stereocenters. The molecule has 0 aliphatic heterocycles. The van der Waals surface area contributed by atoms with Gasteiger partial charge in [0.15, 0.2) is 5.82 Å². The van der Waals surface area contributed by atoms with E-state index in [0.29, 0.717) is 11.8 Å². The van der Waals surface area contributed by atoms with E-state index >= 15 is 0 Å². The second kappa shape index (κ2) is 3.55. The van der Waals surface area contributed by atoms with Gasteiger partial charge in [0.1, 0.15) is 0 Å². The Labute approximate surface area is 96.6 Å². The van der Waals surface area contributed by atoms with Gasteiger partial charge in [0.2, 0.25) is 5.89 Å². The summed E-state index contributed by atoms with van der Waals surface area (Å²) < 4.78 is 5.00. The van der Waals surface area contributed by atoms with Crippen molar-refractivity contribution >= 4 is 0 Å². The van der Waals surface area contributed by atoms with E-state index in [-0.39, 0.29) is 11.0 Å². The summed E-state index contributed by atoms with van der Waals surface area (Å²) in [4.78, 5) is 4.27. The van der Waals surface area contributed by atoms with Gasteiger partial charge in [-0.2, -0.15) is 4.98 Å². The standard InChI is InChI=1S/C12H21N3O/c1-8-14-10(15-16-8)7-9-5-6-12(4,13)11(9,2)3/h9H,5-7,13H2,1-4H3. The molecule has 0 amide bonds. The van der Waals surface area contributed by atoms with Crippen molar-refractivity contribution in [3.05, 3.63) is 11.7 Å². The molecule has 0 spiro atoms. The highest BCUT2D eigenvalue weighted by Gasteiger charge is 2.49. The van der Waals surface area contributed by atoms with Crippen LogP contribution in [0.1, 0.15) is 45.3 Å². The predicted octanol–water partition coefficient (Wildman–Crippen LogP) is 2.07. The zero-order valence-electron chi connectivity index (χ0n) is 10.6. The first kappa shape index (κ1) is 11.6. The molecule has 2 unspecified atom stereocenters. The molecule has 2 rings (SSSR count). The zero-order valence-corrected chi connectivity index (χ0v) is 10.6. The van der Waals surface area contributed by atoms with Crippen LogP contribution in [0.5, 0.6) is 0 Å². The first-order valence-corrected chi connectivity index (χ1v) is 5.91. The second-order valence-electron chi connectivity index (χ2n) is 5.81. The van der Waals surface area contributed by atoms with Crippen LogP contribution >= 0.6 is 0 Å². The van der Waals surface area contributed by atoms with Crippen molar-refractivity contribution < 1.29 is 4.52 Å². The van der Waals surface area contributed by atoms with Crippen LogP contribution in [0.15, 0.2) is 4.52 Å². The summed E-state index contributed by atoms with van der Waals surface area (Å²) in [5.74, 6) is 1.99. The molecule has 1 aromatic rings. The lowest BCUT2D eigenvalue weighted by atomic mass is 9.71. The normalized spacial score (nSPS) is 33.2. The summed E-state index contributed by atoms with van der Waals surface area (Å²) >= 11 is 0. The van der Waals surface area contributed by atoms with Crippen LogP contribution in [-0.4, -0.2) is 15.7 Å². The summed E-state index contributed by atoms with van der Waals surface area (Å²) in [5, 5.41) is 3.97. The first-order valence-electron chi connectivity index (χ1n) is 5.91. The van der Waals surface area contributed by atoms with E-state index in [2.05, 4.69) is 30.9 Å². The molecule has 4 nitrogen and oxygen atoms in total. The van der Waals surface area contributed by atoms with E-state index in [1.807, 2.05) is 6.92 Å². The van der Waals surface area contributed by atoms with Crippen LogP contribution < -0.4 is 5.73 Å². The largest absolute Gasteiger partial charge is 0.340 e. The van der Waals surface area contributed by atoms with E-state index in [1.165, 1.54) is 0 Å². The minimum Gasteiger partial charge on any atom is -0.340 e. The minimum atomic E-state index is -0.0869. The molecule has 2 N–H and O–H groups in total. The smallest absolute Gasteiger partial charge is 0.223 e. The number of hydrogen-bond acceptors (Lipinski definition) is 4. The van der Waals surface area contributed by atoms with Gasteiger partial charge in [0, 0.05) is 18.9 Å². The maximum atomic E-state index is 6.34. The first-order chi connectivity index (χ1) is 7.33. The topological polar surface area (TPSA) is 64.9 Å². The fourth-order valence-electron chi connectivity index (χ4n) is 2.63. The molecule has 0 radical (unpaired) electrons. The number of nitrogens with two attached hydrogens (primary N) is 1. The lowest BCUT2D eigenvalue weighted by Crippen LogP contribution is -2.48. The molecular formula is C12H21N3O. The molecular weight excluding hydrogens is 202 g/mol. The van der Waals surface area contributed by atoms with E-state index in [4.69, 9.17) is 10.3 Å². The number of aryl methyl sites for hydroxylation is 1. The monoisotopic (exact) mass is 223 g/mol. The van der Waals surface area contributed by atoms with E-state index in [0.717, 1.165) is 25.1 Å². The van der Waals surface area contributed by atoms with Crippen molar-refractivity contribution in [2.45, 2.75) is 52.5 Å². The van der Waals surface area contributed by atoms with Crippen molar-refractivity contribution in [1.29, 1.82) is 0 Å².